The summed E-state index contributed by atoms with van der Waals surface area (Å²) in [6.45, 7) is 13.5. The summed E-state index contributed by atoms with van der Waals surface area (Å²) >= 11 is 0.897. The Kier molecular flexibility index (Phi) is 32.8. The topological polar surface area (TPSA) is 518 Å². The van der Waals surface area contributed by atoms with E-state index in [1.807, 2.05) is 86.9 Å². The number of aromatic hydroxyl groups is 2. The zero-order chi connectivity index (χ0) is 76.2. The molecule has 0 fully saturated rings. The van der Waals surface area contributed by atoms with Gasteiger partial charge in [-0.25, -0.2) is 4.98 Å². The molecule has 33 nitrogen and oxygen atoms in total. The Labute approximate surface area is 609 Å². The monoisotopic (exact) mass is 1460 g/mol. The minimum absolute atomic E-state index is 0.0186. The summed E-state index contributed by atoms with van der Waals surface area (Å²) in [6.07, 6.45) is 4.80. The van der Waals surface area contributed by atoms with Crippen LogP contribution in [0.3, 0.4) is 0 Å². The molecule has 0 radical (unpaired) electrons. The number of thioether (sulfide) groups is 1. The summed E-state index contributed by atoms with van der Waals surface area (Å²) in [5, 5.41) is 48.7. The number of nitrogens with zero attached hydrogens (tertiary/aromatic N) is 6. The molecule has 2 unspecified atom stereocenters. The van der Waals surface area contributed by atoms with Crippen molar-refractivity contribution in [3.63, 3.8) is 0 Å². The molecule has 22 N–H and O–H groups in total. The van der Waals surface area contributed by atoms with Crippen molar-refractivity contribution >= 4 is 105 Å². The number of fused-ring (bicyclic) bond motifs is 2. The van der Waals surface area contributed by atoms with E-state index in [0.29, 0.717) is 61.6 Å². The molecule has 0 aliphatic heterocycles. The normalized spacial score (nSPS) is 14.3. The number of hydrogen-bond donors (Lipinski definition) is 17. The van der Waals surface area contributed by atoms with Gasteiger partial charge in [-0.3, -0.25) is 52.7 Å². The maximum atomic E-state index is 14.6. The molecule has 4 aromatic heterocycles. The van der Waals surface area contributed by atoms with Crippen LogP contribution in [-0.2, 0) is 67.4 Å². The third-order valence-corrected chi connectivity index (χ3v) is 19.0. The quantitative estimate of drug-likeness (QED) is 0.00858. The van der Waals surface area contributed by atoms with Gasteiger partial charge >= 0.3 is 5.97 Å². The average molecular weight is 1460 g/mol. The van der Waals surface area contributed by atoms with Gasteiger partial charge in [-0.15, -0.1) is 11.8 Å². The fourth-order valence-corrected chi connectivity index (χ4v) is 12.2. The summed E-state index contributed by atoms with van der Waals surface area (Å²) in [6, 6.07) is 9.11. The lowest BCUT2D eigenvalue weighted by Gasteiger charge is -2.30. The van der Waals surface area contributed by atoms with E-state index < -0.39 is 132 Å². The number of aromatic amines is 1. The largest absolute Gasteiger partial charge is 0.494 e. The molecule has 8 amide bonds. The number of amides is 8. The van der Waals surface area contributed by atoms with E-state index in [4.69, 9.17) is 43.4 Å². The van der Waals surface area contributed by atoms with Gasteiger partial charge in [0.1, 0.15) is 42.9 Å². The molecule has 0 saturated carbocycles. The molecule has 0 bridgehead atoms. The molecule has 0 saturated heterocycles. The fourth-order valence-electron chi connectivity index (χ4n) is 11.2. The highest BCUT2D eigenvalue weighted by atomic mass is 32.2. The number of nitrogens with two attached hydrogens (primary N) is 5. The van der Waals surface area contributed by atoms with Crippen LogP contribution in [0.15, 0.2) is 83.1 Å². The lowest BCUT2D eigenvalue weighted by molar-refractivity contribution is -0.144. The summed E-state index contributed by atoms with van der Waals surface area (Å²) in [4.78, 5) is 146. The number of nitrogens with one attached hydrogen (secondary N) is 10. The lowest BCUT2D eigenvalue weighted by atomic mass is 9.95. The average Bonchev–Trinajstić information content (AvgIpc) is 1.63. The van der Waals surface area contributed by atoms with Gasteiger partial charge in [-0.1, -0.05) is 96.0 Å². The highest BCUT2D eigenvalue weighted by molar-refractivity contribution is 7.99. The molecule has 0 aliphatic rings. The second-order valence-electron chi connectivity index (χ2n) is 26.0. The first kappa shape index (κ1) is 82.7. The van der Waals surface area contributed by atoms with Crippen molar-refractivity contribution in [2.24, 2.45) is 45.5 Å². The van der Waals surface area contributed by atoms with Crippen LogP contribution >= 0.6 is 11.8 Å². The van der Waals surface area contributed by atoms with E-state index >= 15 is 0 Å². The highest BCUT2D eigenvalue weighted by Crippen LogP contribution is 2.36. The third-order valence-electron chi connectivity index (χ3n) is 17.9. The number of para-hydroxylation sites is 1. The van der Waals surface area contributed by atoms with Gasteiger partial charge in [0.2, 0.25) is 59.1 Å². The van der Waals surface area contributed by atoms with Gasteiger partial charge in [-0.2, -0.15) is 9.97 Å². The number of hydrogen-bond acceptors (Lipinski definition) is 21. The Morgan fingerprint density at radius 3 is 1.92 bits per heavy atom. The molecular weight excluding hydrogens is 1360 g/mol. The fraction of sp³-hybridized carbons (Fsp3) is 0.529. The van der Waals surface area contributed by atoms with Crippen molar-refractivity contribution < 1.29 is 58.1 Å². The molecule has 568 valence electrons. The standard InChI is InChI=1S/C70H105N21O12S/c1-9-40(6)56(66(100)84-48(24-17-18-29-71)64(98)86-57(41(7)10-2)67(101)85-51(62(96)76-8)32-43-35-78-47-23-16-15-22-45(43)47)87-65(99)50(26-27-53(73)92)83-63(97)49(25-19-30-77-69(74)75)82-61(95)46(72)37-104-52-33-54(93)90(68(52)102)31-28-55(94)103-36-44(11-3)81-70-88-59(79-34-42-20-13-12-14-21-42)58-60(89-70)91(38-80-58)39(4)5/h12-16,20-23,33,35,38-41,44,46,48-51,56-57,78,93,102H,9-11,17-19,24-32,34,36-37,71-72H2,1-8H3,(H2,73,92)(H,76,96)(H,82,95)(H,83,97)(H,84,100)(H,85,101)(H,86,98)(H,87,99)(H4,74,75,77)(H2,79,81,88,89)/t40?,41?,44-,46+,48+,49+,50+,51+,56+,57+/m1/s1. The Balaban J connectivity index is 1.08. The zero-order valence-electron chi connectivity index (χ0n) is 60.5. The number of ether oxygens (including phenoxy) is 1. The first-order valence-electron chi connectivity index (χ1n) is 35.3. The number of guanidine groups is 1. The second-order valence-corrected chi connectivity index (χ2v) is 27.1. The summed E-state index contributed by atoms with van der Waals surface area (Å²) in [7, 11) is 1.45. The van der Waals surface area contributed by atoms with Gasteiger partial charge in [0.05, 0.1) is 29.7 Å². The number of esters is 1. The van der Waals surface area contributed by atoms with Crippen LogP contribution in [0.5, 0.6) is 11.8 Å². The van der Waals surface area contributed by atoms with Crippen molar-refractivity contribution in [2.45, 2.75) is 198 Å². The molecular formula is C70H105N21O12S. The van der Waals surface area contributed by atoms with Crippen LogP contribution in [0, 0.1) is 11.8 Å². The number of rotatable bonds is 45. The molecule has 104 heavy (non-hydrogen) atoms. The van der Waals surface area contributed by atoms with Crippen LogP contribution in [-0.4, -0.2) is 179 Å². The van der Waals surface area contributed by atoms with Gasteiger partial charge < -0.3 is 101 Å². The van der Waals surface area contributed by atoms with Crippen molar-refractivity contribution in [1.82, 2.24) is 66.3 Å². The van der Waals surface area contributed by atoms with E-state index in [0.717, 1.165) is 38.4 Å². The van der Waals surface area contributed by atoms with Gasteiger partial charge in [0.15, 0.2) is 28.8 Å². The predicted octanol–water partition coefficient (Wildman–Crippen LogP) is 2.39. The lowest BCUT2D eigenvalue weighted by Crippen LogP contribution is -2.61. The molecule has 0 aliphatic carbocycles. The first-order chi connectivity index (χ1) is 49.7. The number of carbonyl (C=O) groups excluding carboxylic acids is 9. The second kappa shape index (κ2) is 41.2. The number of anilines is 2. The van der Waals surface area contributed by atoms with Crippen LogP contribution < -0.4 is 76.5 Å². The number of aliphatic imine (C=N–C) groups is 1. The Morgan fingerprint density at radius 2 is 1.31 bits per heavy atom. The van der Waals surface area contributed by atoms with Gasteiger partial charge in [-0.05, 0) is 94.4 Å². The minimum atomic E-state index is -1.54. The minimum Gasteiger partial charge on any atom is -0.494 e. The van der Waals surface area contributed by atoms with E-state index in [1.165, 1.54) is 13.1 Å². The van der Waals surface area contributed by atoms with Crippen molar-refractivity contribution in [3.05, 3.63) is 84.3 Å². The van der Waals surface area contributed by atoms with Crippen LogP contribution in [0.4, 0.5) is 11.8 Å². The van der Waals surface area contributed by atoms with Gasteiger partial charge in [0.25, 0.3) is 0 Å². The zero-order valence-corrected chi connectivity index (χ0v) is 61.3. The number of H-pyrrole nitrogens is 1. The van der Waals surface area contributed by atoms with E-state index in [-0.39, 0.29) is 87.4 Å². The van der Waals surface area contributed by atoms with E-state index in [1.54, 1.807) is 33.3 Å². The summed E-state index contributed by atoms with van der Waals surface area (Å²) < 4.78 is 8.67. The Hall–Kier alpha value is -10.2. The molecule has 4 heterocycles. The molecule has 6 rings (SSSR count). The first-order valence-corrected chi connectivity index (χ1v) is 36.3. The van der Waals surface area contributed by atoms with Crippen molar-refractivity contribution in [2.75, 3.05) is 43.1 Å². The summed E-state index contributed by atoms with van der Waals surface area (Å²) in [5.74, 6) is -8.23. The molecule has 6 aromatic rings. The number of likely N-dealkylation sites (N-methyl/N-ethyl adjacent to an activating group) is 1. The summed E-state index contributed by atoms with van der Waals surface area (Å²) in [5.41, 5.74) is 32.8. The van der Waals surface area contributed by atoms with E-state index in [9.17, 15) is 53.4 Å². The third kappa shape index (κ3) is 24.5. The molecule has 2 aromatic carbocycles. The number of benzene rings is 2. The number of carbonyl (C=O) groups is 9. The molecule has 10 atom stereocenters. The number of unbranched alkanes of at least 4 members (excludes halogenated alkanes) is 1. The molecule has 0 spiro atoms. The maximum absolute atomic E-state index is 14.6. The van der Waals surface area contributed by atoms with Crippen molar-refractivity contribution in [3.8, 4) is 11.8 Å². The number of imidazole rings is 1. The maximum Gasteiger partial charge on any atom is 0.307 e. The Morgan fingerprint density at radius 1 is 0.702 bits per heavy atom. The number of aromatic nitrogens is 6. The molecule has 34 heteroatoms. The smallest absolute Gasteiger partial charge is 0.307 e. The Bertz CT molecular complexity index is 3880. The number of primary amides is 1. The van der Waals surface area contributed by atoms with Crippen LogP contribution in [0.25, 0.3) is 22.1 Å². The highest BCUT2D eigenvalue weighted by Gasteiger charge is 2.37. The van der Waals surface area contributed by atoms with Crippen molar-refractivity contribution in [1.29, 1.82) is 0 Å². The SMILES string of the molecule is CCC(C)[C@H](NC(=O)[C@H](CCCCN)NC(=O)[C@@H](NC(=O)[C@H](CCC(N)=O)NC(=O)[C@H](CCCN=C(N)N)NC(=O)[C@@H](N)CSc1cc(O)n(CCC(=O)OC[C@@H](CC)Nc2nc(NCc3ccccc3)c3ncn(C(C)C)c3n2)c1O)C(C)CC)C(=O)N[C@@H](Cc1c[nH]c2ccccc12)C(=O)NC. The van der Waals surface area contributed by atoms with E-state index in [2.05, 4.69) is 62.8 Å². The predicted molar refractivity (Wildman–Crippen MR) is 397 cm³/mol. The van der Waals surface area contributed by atoms with Gasteiger partial charge in [0, 0.05) is 74.5 Å². The van der Waals surface area contributed by atoms with Crippen LogP contribution in [0.1, 0.15) is 136 Å². The van der Waals surface area contributed by atoms with Crippen LogP contribution in [0.2, 0.25) is 0 Å².